The average Bonchev–Trinajstić information content (AvgIpc) is 2.73. The Morgan fingerprint density at radius 3 is 2.82 bits per heavy atom. The average molecular weight is 313 g/mol. The molecule has 0 aromatic carbocycles. The summed E-state index contributed by atoms with van der Waals surface area (Å²) in [6, 6.07) is 1.06. The van der Waals surface area contributed by atoms with Gasteiger partial charge in [0.1, 0.15) is 17.8 Å². The summed E-state index contributed by atoms with van der Waals surface area (Å²) in [6.45, 7) is -0.727. The molecule has 0 radical (unpaired) electrons. The minimum absolute atomic E-state index is 0.0552. The number of aliphatic hydroxyl groups is 3. The molecule has 0 saturated carbocycles. The Morgan fingerprint density at radius 1 is 1.50 bits per heavy atom. The van der Waals surface area contributed by atoms with E-state index >= 15 is 0 Å². The van der Waals surface area contributed by atoms with Gasteiger partial charge in [-0.3, -0.25) is 14.3 Å². The molecule has 1 aromatic rings. The highest BCUT2D eigenvalue weighted by Gasteiger charge is 2.54. The van der Waals surface area contributed by atoms with Crippen molar-refractivity contribution in [2.45, 2.75) is 30.5 Å². The van der Waals surface area contributed by atoms with E-state index in [-0.39, 0.29) is 13.0 Å². The van der Waals surface area contributed by atoms with Gasteiger partial charge in [0, 0.05) is 23.7 Å². The van der Waals surface area contributed by atoms with Gasteiger partial charge in [-0.05, 0) is 12.0 Å². The van der Waals surface area contributed by atoms with Gasteiger partial charge in [-0.15, -0.1) is 0 Å². The standard InChI is InChI=1S/C11H15N5O6/c12-15-13-3-2-11(5-17)8(20)7(19)9(22-11)16-4-1-6(18)14-10(16)21/h1,4,7-9,17,19-20H,2-3,5H2,(H,14,18,21)/t7?,8-,9-,11-/m1/s1. The number of aromatic amines is 1. The maximum Gasteiger partial charge on any atom is 0.330 e. The van der Waals surface area contributed by atoms with Crippen molar-refractivity contribution in [2.75, 3.05) is 13.2 Å². The normalized spacial score (nSPS) is 31.0. The van der Waals surface area contributed by atoms with E-state index in [0.717, 1.165) is 16.8 Å². The molecule has 22 heavy (non-hydrogen) atoms. The lowest BCUT2D eigenvalue weighted by molar-refractivity contribution is -0.131. The molecule has 4 atom stereocenters. The molecule has 1 fully saturated rings. The predicted molar refractivity (Wildman–Crippen MR) is 71.9 cm³/mol. The largest absolute Gasteiger partial charge is 0.393 e. The van der Waals surface area contributed by atoms with Crippen molar-refractivity contribution in [3.05, 3.63) is 43.5 Å². The number of ether oxygens (including phenoxy) is 1. The number of hydrogen-bond acceptors (Lipinski definition) is 7. The molecule has 1 aliphatic rings. The molecule has 1 unspecified atom stereocenters. The van der Waals surface area contributed by atoms with E-state index < -0.39 is 41.9 Å². The molecule has 0 bridgehead atoms. The maximum absolute atomic E-state index is 11.7. The zero-order chi connectivity index (χ0) is 16.3. The zero-order valence-electron chi connectivity index (χ0n) is 11.4. The third-order valence-electron chi connectivity index (χ3n) is 3.60. The highest BCUT2D eigenvalue weighted by molar-refractivity contribution is 5.02. The van der Waals surface area contributed by atoms with E-state index in [0.29, 0.717) is 0 Å². The molecule has 1 aromatic heterocycles. The molecule has 1 aliphatic heterocycles. The van der Waals surface area contributed by atoms with Crippen molar-refractivity contribution < 1.29 is 20.1 Å². The second-order valence-corrected chi connectivity index (χ2v) is 4.89. The van der Waals surface area contributed by atoms with Gasteiger partial charge < -0.3 is 20.1 Å². The van der Waals surface area contributed by atoms with Crippen LogP contribution in [0.5, 0.6) is 0 Å². The Bertz CT molecular complexity index is 695. The van der Waals surface area contributed by atoms with E-state index in [1.54, 1.807) is 0 Å². The van der Waals surface area contributed by atoms with Crippen LogP contribution in [0.2, 0.25) is 0 Å². The van der Waals surface area contributed by atoms with Crippen molar-refractivity contribution >= 4 is 0 Å². The molecule has 120 valence electrons. The van der Waals surface area contributed by atoms with E-state index in [1.807, 2.05) is 4.98 Å². The summed E-state index contributed by atoms with van der Waals surface area (Å²) >= 11 is 0. The number of azide groups is 1. The lowest BCUT2D eigenvalue weighted by Crippen LogP contribution is -2.46. The van der Waals surface area contributed by atoms with Gasteiger partial charge in [0.25, 0.3) is 5.56 Å². The van der Waals surface area contributed by atoms with Crippen molar-refractivity contribution in [3.8, 4) is 0 Å². The van der Waals surface area contributed by atoms with Gasteiger partial charge in [-0.1, -0.05) is 5.11 Å². The first-order valence-electron chi connectivity index (χ1n) is 6.42. The van der Waals surface area contributed by atoms with Gasteiger partial charge in [-0.25, -0.2) is 4.79 Å². The van der Waals surface area contributed by atoms with Crippen LogP contribution in [0.1, 0.15) is 12.6 Å². The minimum Gasteiger partial charge on any atom is -0.393 e. The summed E-state index contributed by atoms with van der Waals surface area (Å²) < 4.78 is 6.39. The number of aliphatic hydroxyl groups excluding tert-OH is 3. The molecule has 11 nitrogen and oxygen atoms in total. The Balaban J connectivity index is 2.34. The van der Waals surface area contributed by atoms with Crippen LogP contribution >= 0.6 is 0 Å². The highest BCUT2D eigenvalue weighted by atomic mass is 16.6. The van der Waals surface area contributed by atoms with Gasteiger partial charge in [0.15, 0.2) is 6.23 Å². The fourth-order valence-corrected chi connectivity index (χ4v) is 2.40. The summed E-state index contributed by atoms with van der Waals surface area (Å²) in [5.74, 6) is 0. The molecule has 4 N–H and O–H groups in total. The first kappa shape index (κ1) is 16.2. The molecule has 1 saturated heterocycles. The Hall–Kier alpha value is -2.17. The smallest absolute Gasteiger partial charge is 0.330 e. The lowest BCUT2D eigenvalue weighted by Gasteiger charge is -2.29. The molecule has 11 heteroatoms. The topological polar surface area (TPSA) is 174 Å². The first-order valence-corrected chi connectivity index (χ1v) is 6.42. The quantitative estimate of drug-likeness (QED) is 0.284. The van der Waals surface area contributed by atoms with Crippen molar-refractivity contribution in [1.82, 2.24) is 9.55 Å². The van der Waals surface area contributed by atoms with Crippen LogP contribution in [0, 0.1) is 0 Å². The summed E-state index contributed by atoms with van der Waals surface area (Å²) in [5, 5.41) is 33.0. The molecular weight excluding hydrogens is 298 g/mol. The van der Waals surface area contributed by atoms with Crippen LogP contribution in [0.15, 0.2) is 27.0 Å². The number of aromatic nitrogens is 2. The van der Waals surface area contributed by atoms with Crippen LogP contribution in [0.25, 0.3) is 10.4 Å². The highest BCUT2D eigenvalue weighted by Crippen LogP contribution is 2.38. The van der Waals surface area contributed by atoms with Crippen molar-refractivity contribution in [1.29, 1.82) is 0 Å². The van der Waals surface area contributed by atoms with E-state index in [2.05, 4.69) is 10.0 Å². The molecule has 2 rings (SSSR count). The van der Waals surface area contributed by atoms with Gasteiger partial charge in [0.2, 0.25) is 0 Å². The fraction of sp³-hybridized carbons (Fsp3) is 0.636. The maximum atomic E-state index is 11.7. The summed E-state index contributed by atoms with van der Waals surface area (Å²) in [7, 11) is 0. The Labute approximate surface area is 123 Å². The van der Waals surface area contributed by atoms with Crippen LogP contribution in [0.4, 0.5) is 0 Å². The second kappa shape index (κ2) is 6.30. The summed E-state index contributed by atoms with van der Waals surface area (Å²) in [4.78, 5) is 27.4. The SMILES string of the molecule is [N-]=[N+]=NCC[C@]1(CO)O[C@@H](n2ccc(=O)[nH]c2=O)C(O)[C@H]1O. The van der Waals surface area contributed by atoms with E-state index in [1.165, 1.54) is 0 Å². The first-order chi connectivity index (χ1) is 10.4. The van der Waals surface area contributed by atoms with Crippen LogP contribution in [-0.4, -0.2) is 55.8 Å². The van der Waals surface area contributed by atoms with E-state index in [4.69, 9.17) is 10.3 Å². The molecule has 0 aliphatic carbocycles. The number of nitrogens with zero attached hydrogens (tertiary/aromatic N) is 4. The molecule has 2 heterocycles. The number of nitrogens with one attached hydrogen (secondary N) is 1. The zero-order valence-corrected chi connectivity index (χ0v) is 11.4. The monoisotopic (exact) mass is 313 g/mol. The van der Waals surface area contributed by atoms with Crippen LogP contribution < -0.4 is 11.2 Å². The fourth-order valence-electron chi connectivity index (χ4n) is 2.40. The van der Waals surface area contributed by atoms with Crippen molar-refractivity contribution in [2.24, 2.45) is 5.11 Å². The number of H-pyrrole nitrogens is 1. The van der Waals surface area contributed by atoms with Crippen molar-refractivity contribution in [3.63, 3.8) is 0 Å². The second-order valence-electron chi connectivity index (χ2n) is 4.89. The molecule has 0 amide bonds. The predicted octanol–water partition coefficient (Wildman–Crippen LogP) is -1.78. The third-order valence-corrected chi connectivity index (χ3v) is 3.60. The molecular formula is C11H15N5O6. The summed E-state index contributed by atoms with van der Waals surface area (Å²) in [5.41, 5.74) is 5.25. The van der Waals surface area contributed by atoms with E-state index in [9.17, 15) is 24.9 Å². The van der Waals surface area contributed by atoms with Gasteiger partial charge in [0.05, 0.1) is 6.61 Å². The van der Waals surface area contributed by atoms with Crippen LogP contribution in [-0.2, 0) is 4.74 Å². The Morgan fingerprint density at radius 2 is 2.23 bits per heavy atom. The lowest BCUT2D eigenvalue weighted by atomic mass is 9.92. The Kier molecular flexibility index (Phi) is 4.64. The third kappa shape index (κ3) is 2.75. The minimum atomic E-state index is -1.58. The molecule has 0 spiro atoms. The summed E-state index contributed by atoms with van der Waals surface area (Å²) in [6.07, 6.45) is -3.25. The van der Waals surface area contributed by atoms with Gasteiger partial charge in [-0.2, -0.15) is 0 Å². The van der Waals surface area contributed by atoms with Gasteiger partial charge >= 0.3 is 5.69 Å². The van der Waals surface area contributed by atoms with Crippen LogP contribution in [0.3, 0.4) is 0 Å². The number of hydrogen-bond donors (Lipinski definition) is 4. The number of rotatable bonds is 5.